The van der Waals surface area contributed by atoms with Crippen LogP contribution in [0.3, 0.4) is 0 Å². The number of fused-ring (bicyclic) bond motifs is 1. The average Bonchev–Trinajstić information content (AvgIpc) is 3.25. The lowest BCUT2D eigenvalue weighted by Crippen LogP contribution is -2.57. The van der Waals surface area contributed by atoms with Crippen molar-refractivity contribution in [2.75, 3.05) is 13.1 Å². The molecule has 3 aliphatic rings. The molecule has 2 aromatic rings. The van der Waals surface area contributed by atoms with E-state index in [1.807, 2.05) is 24.3 Å². The van der Waals surface area contributed by atoms with Gasteiger partial charge in [-0.05, 0) is 54.5 Å². The number of rotatable bonds is 6. The van der Waals surface area contributed by atoms with Gasteiger partial charge < -0.3 is 10.0 Å². The number of amides is 3. The first-order chi connectivity index (χ1) is 18.2. The predicted molar refractivity (Wildman–Crippen MR) is 138 cm³/mol. The number of nitrogens with one attached hydrogen (secondary N) is 1. The van der Waals surface area contributed by atoms with Crippen LogP contribution in [0.1, 0.15) is 78.7 Å². The molecule has 5 rings (SSSR count). The highest BCUT2D eigenvalue weighted by Gasteiger charge is 2.53. The molecular weight excluding hydrogens is 482 g/mol. The zero-order valence-corrected chi connectivity index (χ0v) is 21.9. The van der Waals surface area contributed by atoms with Crippen LogP contribution < -0.4 is 5.32 Å². The van der Waals surface area contributed by atoms with Gasteiger partial charge in [0.2, 0.25) is 11.8 Å². The molecule has 1 aromatic heterocycles. The third kappa shape index (κ3) is 4.28. The van der Waals surface area contributed by atoms with Gasteiger partial charge in [-0.1, -0.05) is 32.0 Å². The lowest BCUT2D eigenvalue weighted by molar-refractivity contribution is -0.148. The van der Waals surface area contributed by atoms with Crippen LogP contribution in [0.15, 0.2) is 36.5 Å². The van der Waals surface area contributed by atoms with Gasteiger partial charge in [-0.2, -0.15) is 5.26 Å². The number of nitriles is 1. The predicted octanol–water partition coefficient (Wildman–Crippen LogP) is 2.61. The normalized spacial score (nSPS) is 25.2. The van der Waals surface area contributed by atoms with Gasteiger partial charge in [-0.15, -0.1) is 0 Å². The maximum Gasteiger partial charge on any atom is 0.255 e. The Morgan fingerprint density at radius 3 is 2.63 bits per heavy atom. The molecule has 9 nitrogen and oxygen atoms in total. The summed E-state index contributed by atoms with van der Waals surface area (Å²) in [6, 6.07) is 10.6. The second kappa shape index (κ2) is 9.93. The summed E-state index contributed by atoms with van der Waals surface area (Å²) >= 11 is 0. The van der Waals surface area contributed by atoms with Crippen molar-refractivity contribution in [2.45, 2.75) is 70.7 Å². The molecule has 38 heavy (non-hydrogen) atoms. The number of imide groups is 1. The summed E-state index contributed by atoms with van der Waals surface area (Å²) in [6.07, 6.45) is 4.38. The number of aromatic nitrogens is 1. The van der Waals surface area contributed by atoms with E-state index < -0.39 is 23.0 Å². The largest absolute Gasteiger partial charge is 0.384 e. The van der Waals surface area contributed by atoms with Gasteiger partial charge in [0.15, 0.2) is 0 Å². The number of benzene rings is 1. The van der Waals surface area contributed by atoms with Gasteiger partial charge in [0.25, 0.3) is 5.91 Å². The molecule has 2 unspecified atom stereocenters. The van der Waals surface area contributed by atoms with Crippen molar-refractivity contribution >= 4 is 17.7 Å². The van der Waals surface area contributed by atoms with Crippen molar-refractivity contribution in [3.8, 4) is 6.07 Å². The molecule has 2 N–H and O–H groups in total. The monoisotopic (exact) mass is 515 g/mol. The topological polar surface area (TPSA) is 127 Å². The molecule has 0 radical (unpaired) electrons. The lowest BCUT2D eigenvalue weighted by Gasteiger charge is -2.54. The molecule has 2 fully saturated rings. The van der Waals surface area contributed by atoms with E-state index in [4.69, 9.17) is 5.26 Å². The quantitative estimate of drug-likeness (QED) is 0.566. The van der Waals surface area contributed by atoms with Crippen molar-refractivity contribution in [1.82, 2.24) is 20.1 Å². The molecule has 0 bridgehead atoms. The Hall–Kier alpha value is -3.61. The number of nitrogens with zero attached hydrogens (tertiary/aromatic N) is 4. The van der Waals surface area contributed by atoms with E-state index in [-0.39, 0.29) is 24.8 Å². The zero-order valence-electron chi connectivity index (χ0n) is 21.9. The Balaban J connectivity index is 1.38. The highest BCUT2D eigenvalue weighted by molar-refractivity contribution is 6.05. The third-order valence-electron chi connectivity index (χ3n) is 8.89. The minimum Gasteiger partial charge on any atom is -0.384 e. The van der Waals surface area contributed by atoms with Crippen LogP contribution in [0, 0.1) is 16.7 Å². The molecule has 2 atom stereocenters. The molecule has 198 valence electrons. The van der Waals surface area contributed by atoms with E-state index in [2.05, 4.69) is 29.0 Å². The minimum atomic E-state index is -1.07. The fraction of sp³-hybridized carbons (Fsp3) is 0.483. The van der Waals surface area contributed by atoms with Crippen LogP contribution in [0.4, 0.5) is 0 Å². The van der Waals surface area contributed by atoms with Gasteiger partial charge in [0.1, 0.15) is 17.8 Å². The summed E-state index contributed by atoms with van der Waals surface area (Å²) in [5, 5.41) is 23.7. The van der Waals surface area contributed by atoms with E-state index >= 15 is 0 Å². The Morgan fingerprint density at radius 2 is 1.97 bits per heavy atom. The maximum absolute atomic E-state index is 13.2. The van der Waals surface area contributed by atoms with Gasteiger partial charge in [-0.3, -0.25) is 24.6 Å². The van der Waals surface area contributed by atoms with E-state index in [1.165, 1.54) is 0 Å². The molecule has 9 heteroatoms. The number of piperidine rings is 2. The minimum absolute atomic E-state index is 0.212. The lowest BCUT2D eigenvalue weighted by atomic mass is 9.61. The SMILES string of the molecule is CCC1(CC)CN(Cc2ccc(C#N)nc2)CCC1(O)c1ccc2c(c1)CN(C1CCC(=O)NC1=O)C2=O. The van der Waals surface area contributed by atoms with Crippen LogP contribution in [-0.2, 0) is 28.3 Å². The smallest absolute Gasteiger partial charge is 0.255 e. The number of carbonyl (C=O) groups is 3. The van der Waals surface area contributed by atoms with Crippen LogP contribution in [0.2, 0.25) is 0 Å². The van der Waals surface area contributed by atoms with Crippen LogP contribution in [-0.4, -0.2) is 56.7 Å². The standard InChI is InChI=1S/C29H33N5O4/c1-3-28(4-2)18-33(16-19-5-7-22(14-30)31-15-19)12-11-29(28,38)21-6-8-23-20(13-21)17-34(27(23)37)24-9-10-25(35)32-26(24)36/h5-8,13,15,24,38H,3-4,9-12,16-18H2,1-2H3,(H,32,35,36). The first-order valence-electron chi connectivity index (χ1n) is 13.3. The van der Waals surface area contributed by atoms with Crippen molar-refractivity contribution < 1.29 is 19.5 Å². The maximum atomic E-state index is 13.2. The molecule has 3 amide bonds. The molecule has 0 saturated carbocycles. The van der Waals surface area contributed by atoms with E-state index in [1.54, 1.807) is 23.2 Å². The molecule has 2 saturated heterocycles. The van der Waals surface area contributed by atoms with Gasteiger partial charge >= 0.3 is 0 Å². The molecule has 0 spiro atoms. The Bertz CT molecular complexity index is 1310. The van der Waals surface area contributed by atoms with E-state index in [0.717, 1.165) is 29.5 Å². The third-order valence-corrected chi connectivity index (χ3v) is 8.89. The number of aliphatic hydroxyl groups is 1. The highest BCUT2D eigenvalue weighted by Crippen LogP contribution is 2.51. The van der Waals surface area contributed by atoms with Gasteiger partial charge in [0.05, 0.1) is 5.60 Å². The second-order valence-electron chi connectivity index (χ2n) is 10.7. The molecule has 0 aliphatic carbocycles. The fourth-order valence-electron chi connectivity index (χ4n) is 6.54. The van der Waals surface area contributed by atoms with E-state index in [0.29, 0.717) is 43.7 Å². The highest BCUT2D eigenvalue weighted by atomic mass is 16.3. The van der Waals surface area contributed by atoms with Gasteiger partial charge in [-0.25, -0.2) is 4.98 Å². The molecule has 1 aromatic carbocycles. The first-order valence-corrected chi connectivity index (χ1v) is 13.3. The summed E-state index contributed by atoms with van der Waals surface area (Å²) in [6.45, 7) is 6.60. The summed E-state index contributed by atoms with van der Waals surface area (Å²) in [7, 11) is 0. The Labute approximate surface area is 222 Å². The van der Waals surface area contributed by atoms with Crippen molar-refractivity contribution in [3.05, 3.63) is 64.5 Å². The number of carbonyl (C=O) groups excluding carboxylic acids is 3. The van der Waals surface area contributed by atoms with Gasteiger partial charge in [0, 0.05) is 49.8 Å². The number of likely N-dealkylation sites (tertiary alicyclic amines) is 1. The number of hydrogen-bond acceptors (Lipinski definition) is 7. The second-order valence-corrected chi connectivity index (χ2v) is 10.7. The molecule has 3 aliphatic heterocycles. The zero-order chi connectivity index (χ0) is 27.1. The summed E-state index contributed by atoms with van der Waals surface area (Å²) in [5.74, 6) is -0.949. The molecule has 4 heterocycles. The average molecular weight is 516 g/mol. The van der Waals surface area contributed by atoms with Crippen molar-refractivity contribution in [3.63, 3.8) is 0 Å². The Kier molecular flexibility index (Phi) is 6.80. The van der Waals surface area contributed by atoms with E-state index in [9.17, 15) is 19.5 Å². The van der Waals surface area contributed by atoms with Crippen molar-refractivity contribution in [2.24, 2.45) is 5.41 Å². The summed E-state index contributed by atoms with van der Waals surface area (Å²) < 4.78 is 0. The summed E-state index contributed by atoms with van der Waals surface area (Å²) in [4.78, 5) is 45.2. The van der Waals surface area contributed by atoms with Crippen molar-refractivity contribution in [1.29, 1.82) is 5.26 Å². The number of pyridine rings is 1. The van der Waals surface area contributed by atoms with Crippen LogP contribution in [0.25, 0.3) is 0 Å². The van der Waals surface area contributed by atoms with Crippen LogP contribution >= 0.6 is 0 Å². The fourth-order valence-corrected chi connectivity index (χ4v) is 6.54. The molecular formula is C29H33N5O4. The number of hydrogen-bond donors (Lipinski definition) is 2. The first kappa shape index (κ1) is 26.0. The summed E-state index contributed by atoms with van der Waals surface area (Å²) in [5.41, 5.74) is 2.10. The van der Waals surface area contributed by atoms with Crippen LogP contribution in [0.5, 0.6) is 0 Å². The Morgan fingerprint density at radius 1 is 1.18 bits per heavy atom.